The van der Waals surface area contributed by atoms with Crippen LogP contribution in [0.5, 0.6) is 5.88 Å². The molecule has 5 rings (SSSR count). The van der Waals surface area contributed by atoms with Crippen LogP contribution in [0.1, 0.15) is 72.4 Å². The number of pyridine rings is 2. The highest BCUT2D eigenvalue weighted by molar-refractivity contribution is 5.70. The topological polar surface area (TPSA) is 79.1 Å². The number of nitrogens with zero attached hydrogens (tertiary/aromatic N) is 4. The smallest absolute Gasteiger partial charge is 0.308 e. The fourth-order valence-corrected chi connectivity index (χ4v) is 5.05. The largest absolute Gasteiger partial charge is 0.473 e. The van der Waals surface area contributed by atoms with Crippen molar-refractivity contribution in [2.75, 3.05) is 6.61 Å². The number of aromatic nitrogens is 4. The van der Waals surface area contributed by atoms with E-state index < -0.39 is 0 Å². The molecule has 0 N–H and O–H groups in total. The van der Waals surface area contributed by atoms with E-state index in [2.05, 4.69) is 17.1 Å². The maximum Gasteiger partial charge on any atom is 0.308 e. The Bertz CT molecular complexity index is 1350. The number of ether oxygens (including phenoxy) is 2. The van der Waals surface area contributed by atoms with Gasteiger partial charge in [0, 0.05) is 29.8 Å². The third-order valence-corrected chi connectivity index (χ3v) is 7.12. The molecule has 0 radical (unpaired) electrons. The molecular weight excluding hydrogens is 488 g/mol. The molecule has 0 saturated heterocycles. The van der Waals surface area contributed by atoms with Crippen molar-refractivity contribution in [2.45, 2.75) is 70.9 Å². The summed E-state index contributed by atoms with van der Waals surface area (Å²) in [5.74, 6) is 0.275. The summed E-state index contributed by atoms with van der Waals surface area (Å²) in [4.78, 5) is 21.9. The normalized spacial score (nSPS) is 13.5. The van der Waals surface area contributed by atoms with Crippen LogP contribution in [0.15, 0.2) is 73.1 Å². The van der Waals surface area contributed by atoms with E-state index in [9.17, 15) is 4.79 Å². The Balaban J connectivity index is 1.22. The van der Waals surface area contributed by atoms with Gasteiger partial charge in [0.15, 0.2) is 0 Å². The number of carbonyl (C=O) groups is 1. The minimum Gasteiger partial charge on any atom is -0.473 e. The van der Waals surface area contributed by atoms with Crippen molar-refractivity contribution in [1.29, 1.82) is 0 Å². The zero-order chi connectivity index (χ0) is 26.9. The number of benzene rings is 1. The van der Waals surface area contributed by atoms with Gasteiger partial charge in [-0.25, -0.2) is 4.98 Å². The lowest BCUT2D eigenvalue weighted by molar-refractivity contribution is -0.143. The maximum absolute atomic E-state index is 12.4. The van der Waals surface area contributed by atoms with Gasteiger partial charge >= 0.3 is 5.97 Å². The van der Waals surface area contributed by atoms with Crippen molar-refractivity contribution in [3.63, 3.8) is 0 Å². The lowest BCUT2D eigenvalue weighted by Crippen LogP contribution is -2.18. The average Bonchev–Trinajstić information content (AvgIpc) is 3.44. The number of esters is 1. The third-order valence-electron chi connectivity index (χ3n) is 7.12. The Morgan fingerprint density at radius 3 is 2.64 bits per heavy atom. The maximum atomic E-state index is 12.4. The molecule has 202 valence electrons. The van der Waals surface area contributed by atoms with Gasteiger partial charge in [0.2, 0.25) is 5.88 Å². The van der Waals surface area contributed by atoms with Gasteiger partial charge in [-0.15, -0.1) is 0 Å². The zero-order valence-electron chi connectivity index (χ0n) is 22.6. The van der Waals surface area contributed by atoms with Crippen LogP contribution in [0, 0.1) is 0 Å². The lowest BCUT2D eigenvalue weighted by atomic mass is 9.95. The van der Waals surface area contributed by atoms with E-state index in [1.807, 2.05) is 66.3 Å². The van der Waals surface area contributed by atoms with Crippen molar-refractivity contribution in [1.82, 2.24) is 19.7 Å². The van der Waals surface area contributed by atoms with E-state index in [1.165, 1.54) is 24.1 Å². The predicted molar refractivity (Wildman–Crippen MR) is 150 cm³/mol. The van der Waals surface area contributed by atoms with Crippen LogP contribution in [0.3, 0.4) is 0 Å². The van der Waals surface area contributed by atoms with Crippen LogP contribution in [0.25, 0.3) is 0 Å². The summed E-state index contributed by atoms with van der Waals surface area (Å²) in [6.07, 6.45) is 11.4. The molecule has 0 aliphatic heterocycles. The van der Waals surface area contributed by atoms with Gasteiger partial charge in [0.05, 0.1) is 24.8 Å². The fraction of sp³-hybridized carbons (Fsp3) is 0.375. The van der Waals surface area contributed by atoms with Gasteiger partial charge in [-0.3, -0.25) is 14.5 Å². The van der Waals surface area contributed by atoms with Crippen LogP contribution in [0.4, 0.5) is 0 Å². The standard InChI is InChI=1S/C32H36N4O3/c1-2-38-32(37)21-30(26-16-18-31(33-22-26)39-23-24-9-4-3-5-10-24)36-20-19-28(35-36)13-8-12-27-17-15-25-11-6-7-14-29(25)34-27/h3-5,9-10,15-20,22,30H,2,6-8,11-14,21,23H2,1H3/t30-/m0/s1. The first-order valence-corrected chi connectivity index (χ1v) is 14.0. The van der Waals surface area contributed by atoms with E-state index in [0.717, 1.165) is 54.6 Å². The van der Waals surface area contributed by atoms with Crippen LogP contribution in [-0.4, -0.2) is 32.3 Å². The highest BCUT2D eigenvalue weighted by atomic mass is 16.5. The van der Waals surface area contributed by atoms with Crippen molar-refractivity contribution in [3.8, 4) is 5.88 Å². The van der Waals surface area contributed by atoms with Crippen LogP contribution >= 0.6 is 0 Å². The molecule has 0 saturated carbocycles. The van der Waals surface area contributed by atoms with Crippen LogP contribution in [0.2, 0.25) is 0 Å². The van der Waals surface area contributed by atoms with Crippen molar-refractivity contribution in [3.05, 3.63) is 107 Å². The molecular formula is C32H36N4O3. The second-order valence-corrected chi connectivity index (χ2v) is 9.99. The first-order chi connectivity index (χ1) is 19.2. The van der Waals surface area contributed by atoms with Gasteiger partial charge in [0.25, 0.3) is 0 Å². The van der Waals surface area contributed by atoms with Crippen LogP contribution < -0.4 is 4.74 Å². The molecule has 0 bridgehead atoms. The Morgan fingerprint density at radius 2 is 1.82 bits per heavy atom. The van der Waals surface area contributed by atoms with E-state index in [1.54, 1.807) is 6.20 Å². The molecule has 3 aromatic heterocycles. The molecule has 0 fully saturated rings. The van der Waals surface area contributed by atoms with Gasteiger partial charge < -0.3 is 9.47 Å². The van der Waals surface area contributed by atoms with Gasteiger partial charge in [-0.2, -0.15) is 5.10 Å². The summed E-state index contributed by atoms with van der Waals surface area (Å²) in [6.45, 7) is 2.61. The molecule has 39 heavy (non-hydrogen) atoms. The lowest BCUT2D eigenvalue weighted by Gasteiger charge is -2.17. The first kappa shape index (κ1) is 26.6. The van der Waals surface area contributed by atoms with E-state index >= 15 is 0 Å². The molecule has 1 atom stereocenters. The molecule has 1 aliphatic carbocycles. The quantitative estimate of drug-likeness (QED) is 0.216. The summed E-state index contributed by atoms with van der Waals surface area (Å²) in [6, 6.07) is 19.9. The van der Waals surface area contributed by atoms with E-state index in [-0.39, 0.29) is 18.4 Å². The third kappa shape index (κ3) is 7.31. The zero-order valence-corrected chi connectivity index (χ0v) is 22.6. The summed E-state index contributed by atoms with van der Waals surface area (Å²) < 4.78 is 12.9. The van der Waals surface area contributed by atoms with Crippen LogP contribution in [-0.2, 0) is 41.8 Å². The summed E-state index contributed by atoms with van der Waals surface area (Å²) >= 11 is 0. The minimum atomic E-state index is -0.309. The van der Waals surface area contributed by atoms with Gasteiger partial charge in [0.1, 0.15) is 6.61 Å². The average molecular weight is 525 g/mol. The molecule has 0 unspecified atom stereocenters. The predicted octanol–water partition coefficient (Wildman–Crippen LogP) is 5.85. The number of rotatable bonds is 12. The van der Waals surface area contributed by atoms with Crippen molar-refractivity contribution in [2.24, 2.45) is 0 Å². The summed E-state index contributed by atoms with van der Waals surface area (Å²) in [5, 5.41) is 4.83. The molecule has 7 nitrogen and oxygen atoms in total. The highest BCUT2D eigenvalue weighted by Gasteiger charge is 2.21. The Kier molecular flexibility index (Phi) is 8.99. The Labute approximate surface area is 230 Å². The van der Waals surface area contributed by atoms with Gasteiger partial charge in [-0.05, 0) is 86.8 Å². The highest BCUT2D eigenvalue weighted by Crippen LogP contribution is 2.24. The van der Waals surface area contributed by atoms with Crippen molar-refractivity contribution < 1.29 is 14.3 Å². The molecule has 0 spiro atoms. The first-order valence-electron chi connectivity index (χ1n) is 14.0. The molecule has 7 heteroatoms. The second kappa shape index (κ2) is 13.2. The van der Waals surface area contributed by atoms with E-state index in [0.29, 0.717) is 19.1 Å². The van der Waals surface area contributed by atoms with Crippen molar-refractivity contribution >= 4 is 5.97 Å². The minimum absolute atomic E-state index is 0.180. The number of carbonyl (C=O) groups excluding carboxylic acids is 1. The summed E-state index contributed by atoms with van der Waals surface area (Å²) in [7, 11) is 0. The second-order valence-electron chi connectivity index (χ2n) is 9.99. The SMILES string of the molecule is CCOC(=O)C[C@@H](c1ccc(OCc2ccccc2)nc1)n1ccc(CCCc2ccc3c(n2)CCCC3)n1. The van der Waals surface area contributed by atoms with Gasteiger partial charge in [-0.1, -0.05) is 36.4 Å². The summed E-state index contributed by atoms with van der Waals surface area (Å²) in [5.41, 5.74) is 6.82. The fourth-order valence-electron chi connectivity index (χ4n) is 5.05. The number of fused-ring (bicyclic) bond motifs is 1. The monoisotopic (exact) mass is 524 g/mol. The Hall–Kier alpha value is -4.00. The number of hydrogen-bond donors (Lipinski definition) is 0. The number of hydrogen-bond acceptors (Lipinski definition) is 6. The Morgan fingerprint density at radius 1 is 0.974 bits per heavy atom. The molecule has 3 heterocycles. The molecule has 4 aromatic rings. The molecule has 1 aliphatic rings. The molecule has 1 aromatic carbocycles. The number of aryl methyl sites for hydroxylation is 4. The molecule has 0 amide bonds. The van der Waals surface area contributed by atoms with E-state index in [4.69, 9.17) is 19.6 Å².